The maximum Gasteiger partial charge on any atom is 0.364 e. The van der Waals surface area contributed by atoms with Crippen LogP contribution in [0.1, 0.15) is 29.6 Å². The van der Waals surface area contributed by atoms with Crippen molar-refractivity contribution in [2.24, 2.45) is 23.7 Å². The minimum atomic E-state index is -0.814. The number of aromatic hydroxyl groups is 1. The molecule has 0 radical (unpaired) electrons. The minimum absolute atomic E-state index is 0.0500. The number of phenols is 1. The topological polar surface area (TPSA) is 83.9 Å². The predicted molar refractivity (Wildman–Crippen MR) is 88.6 cm³/mol. The molecule has 2 saturated carbocycles. The first-order chi connectivity index (χ1) is 11.4. The van der Waals surface area contributed by atoms with Gasteiger partial charge in [-0.15, -0.1) is 5.06 Å². The molecule has 1 heterocycles. The fourth-order valence-corrected chi connectivity index (χ4v) is 5.48. The monoisotopic (exact) mass is 457 g/mol. The normalized spacial score (nSPS) is 30.8. The number of rotatable bonds is 2. The highest BCUT2D eigenvalue weighted by molar-refractivity contribution is 9.11. The number of hydrogen-bond acceptors (Lipinski definition) is 5. The standard InChI is InChI=1S/C16H13Br2NO5/c17-9-4-8(5-10(18)13(9)20)16(23)24-19-14(21)11-6-1-2-7(3-6)12(11)15(19)22/h4-7,11-12,20H,1-3H2. The lowest BCUT2D eigenvalue weighted by Crippen LogP contribution is -2.35. The molecule has 1 aromatic carbocycles. The van der Waals surface area contributed by atoms with Crippen molar-refractivity contribution in [3.63, 3.8) is 0 Å². The quantitative estimate of drug-likeness (QED) is 0.688. The van der Waals surface area contributed by atoms with Gasteiger partial charge in [0, 0.05) is 0 Å². The Morgan fingerprint density at radius 1 is 1.08 bits per heavy atom. The predicted octanol–water partition coefficient (Wildman–Crippen LogP) is 3.02. The first-order valence-corrected chi connectivity index (χ1v) is 9.25. The van der Waals surface area contributed by atoms with Gasteiger partial charge in [0.2, 0.25) is 0 Å². The Morgan fingerprint density at radius 2 is 1.58 bits per heavy atom. The molecule has 1 aromatic rings. The Morgan fingerprint density at radius 3 is 2.08 bits per heavy atom. The second-order valence-corrected chi connectivity index (χ2v) is 8.23. The van der Waals surface area contributed by atoms with Crippen LogP contribution < -0.4 is 0 Å². The fourth-order valence-electron chi connectivity index (χ4n) is 4.29. The average Bonchev–Trinajstić information content (AvgIpc) is 3.21. The SMILES string of the molecule is O=C(ON1C(=O)C2C3CCC(C3)C2C1=O)c1cc(Br)c(O)c(Br)c1. The number of hydrogen-bond donors (Lipinski definition) is 1. The Bertz CT molecular complexity index is 729. The lowest BCUT2D eigenvalue weighted by atomic mass is 9.81. The zero-order valence-corrected chi connectivity index (χ0v) is 15.5. The van der Waals surface area contributed by atoms with Crippen LogP contribution in [0.2, 0.25) is 0 Å². The molecule has 2 amide bonds. The van der Waals surface area contributed by atoms with Crippen molar-refractivity contribution in [3.8, 4) is 5.75 Å². The summed E-state index contributed by atoms with van der Waals surface area (Å²) in [5, 5.41) is 10.3. The van der Waals surface area contributed by atoms with Crippen LogP contribution in [0.3, 0.4) is 0 Å². The number of imide groups is 1. The van der Waals surface area contributed by atoms with Crippen molar-refractivity contribution in [1.29, 1.82) is 0 Å². The molecule has 4 atom stereocenters. The molecule has 24 heavy (non-hydrogen) atoms. The van der Waals surface area contributed by atoms with Gasteiger partial charge in [-0.05, 0) is 75.1 Å². The smallest absolute Gasteiger partial charge is 0.364 e. The zero-order valence-electron chi connectivity index (χ0n) is 12.4. The zero-order chi connectivity index (χ0) is 17.2. The van der Waals surface area contributed by atoms with Crippen LogP contribution in [0.15, 0.2) is 21.1 Å². The van der Waals surface area contributed by atoms with E-state index in [0.29, 0.717) is 14.0 Å². The molecule has 1 saturated heterocycles. The van der Waals surface area contributed by atoms with Crippen LogP contribution in [0.5, 0.6) is 5.75 Å². The molecule has 4 rings (SSSR count). The van der Waals surface area contributed by atoms with Crippen molar-refractivity contribution < 1.29 is 24.3 Å². The van der Waals surface area contributed by atoms with Crippen molar-refractivity contribution in [3.05, 3.63) is 26.6 Å². The molecular weight excluding hydrogens is 446 g/mol. The number of fused-ring (bicyclic) bond motifs is 5. The van der Waals surface area contributed by atoms with Gasteiger partial charge in [0.05, 0.1) is 26.3 Å². The Hall–Kier alpha value is -1.41. The number of phenolic OH excluding ortho intramolecular Hbond substituents is 1. The molecule has 8 heteroatoms. The average molecular weight is 459 g/mol. The molecule has 2 aliphatic carbocycles. The number of hydroxylamine groups is 2. The molecule has 1 N–H and O–H groups in total. The molecule has 0 aromatic heterocycles. The first kappa shape index (κ1) is 16.1. The second-order valence-electron chi connectivity index (χ2n) is 6.52. The first-order valence-electron chi connectivity index (χ1n) is 7.66. The maximum absolute atomic E-state index is 12.5. The van der Waals surface area contributed by atoms with Crippen LogP contribution in [0.4, 0.5) is 0 Å². The third-order valence-corrected chi connectivity index (χ3v) is 6.52. The van der Waals surface area contributed by atoms with E-state index < -0.39 is 17.8 Å². The molecule has 2 bridgehead atoms. The van der Waals surface area contributed by atoms with Gasteiger partial charge in [-0.3, -0.25) is 9.59 Å². The molecule has 0 spiro atoms. The van der Waals surface area contributed by atoms with Crippen LogP contribution in [-0.2, 0) is 14.4 Å². The Labute approximate surface area is 154 Å². The molecular formula is C16H13Br2NO5. The Kier molecular flexibility index (Phi) is 3.72. The molecule has 6 nitrogen and oxygen atoms in total. The van der Waals surface area contributed by atoms with Gasteiger partial charge in [0.1, 0.15) is 5.75 Å². The van der Waals surface area contributed by atoms with Crippen LogP contribution in [0, 0.1) is 23.7 Å². The van der Waals surface area contributed by atoms with Crippen LogP contribution in [0.25, 0.3) is 0 Å². The molecule has 3 fully saturated rings. The summed E-state index contributed by atoms with van der Waals surface area (Å²) < 4.78 is 0.607. The van der Waals surface area contributed by atoms with Crippen LogP contribution >= 0.6 is 31.9 Å². The van der Waals surface area contributed by atoms with Gasteiger partial charge < -0.3 is 9.94 Å². The lowest BCUT2D eigenvalue weighted by molar-refractivity contribution is -0.175. The van der Waals surface area contributed by atoms with Gasteiger partial charge in [0.15, 0.2) is 0 Å². The maximum atomic E-state index is 12.5. The van der Waals surface area contributed by atoms with E-state index in [1.165, 1.54) is 12.1 Å². The summed E-state index contributed by atoms with van der Waals surface area (Å²) in [5.41, 5.74) is 0.118. The number of carbonyl (C=O) groups excluding carboxylic acids is 3. The molecule has 126 valence electrons. The van der Waals surface area contributed by atoms with Crippen molar-refractivity contribution in [2.75, 3.05) is 0 Å². The van der Waals surface area contributed by atoms with E-state index in [2.05, 4.69) is 31.9 Å². The Balaban J connectivity index is 1.57. The second kappa shape index (κ2) is 5.56. The number of carbonyl (C=O) groups is 3. The van der Waals surface area contributed by atoms with E-state index in [-0.39, 0.29) is 35.0 Å². The van der Waals surface area contributed by atoms with E-state index in [9.17, 15) is 19.5 Å². The van der Waals surface area contributed by atoms with Crippen molar-refractivity contribution >= 4 is 49.6 Å². The molecule has 3 aliphatic rings. The summed E-state index contributed by atoms with van der Waals surface area (Å²) in [4.78, 5) is 42.4. The minimum Gasteiger partial charge on any atom is -0.506 e. The summed E-state index contributed by atoms with van der Waals surface area (Å²) in [5.74, 6) is -1.86. The number of nitrogens with zero attached hydrogens (tertiary/aromatic N) is 1. The summed E-state index contributed by atoms with van der Waals surface area (Å²) in [6.07, 6.45) is 2.85. The fraction of sp³-hybridized carbons (Fsp3) is 0.438. The van der Waals surface area contributed by atoms with Gasteiger partial charge in [-0.1, -0.05) is 0 Å². The van der Waals surface area contributed by atoms with E-state index in [1.54, 1.807) is 0 Å². The number of halogens is 2. The van der Waals surface area contributed by atoms with E-state index in [1.807, 2.05) is 0 Å². The third kappa shape index (κ3) is 2.23. The number of benzene rings is 1. The van der Waals surface area contributed by atoms with E-state index in [4.69, 9.17) is 4.84 Å². The van der Waals surface area contributed by atoms with Gasteiger partial charge in [-0.2, -0.15) is 0 Å². The van der Waals surface area contributed by atoms with Crippen molar-refractivity contribution in [2.45, 2.75) is 19.3 Å². The highest BCUT2D eigenvalue weighted by Gasteiger charge is 2.62. The van der Waals surface area contributed by atoms with Gasteiger partial charge in [0.25, 0.3) is 11.8 Å². The summed E-state index contributed by atoms with van der Waals surface area (Å²) in [7, 11) is 0. The molecule has 1 aliphatic heterocycles. The summed E-state index contributed by atoms with van der Waals surface area (Å²) >= 11 is 6.26. The van der Waals surface area contributed by atoms with Gasteiger partial charge in [-0.25, -0.2) is 4.79 Å². The third-order valence-electron chi connectivity index (χ3n) is 5.31. The van der Waals surface area contributed by atoms with Gasteiger partial charge >= 0.3 is 5.97 Å². The summed E-state index contributed by atoms with van der Waals surface area (Å²) in [6.45, 7) is 0. The number of amides is 2. The highest BCUT2D eigenvalue weighted by Crippen LogP contribution is 2.56. The molecule has 4 unspecified atom stereocenters. The van der Waals surface area contributed by atoms with Crippen LogP contribution in [-0.4, -0.2) is 28.0 Å². The van der Waals surface area contributed by atoms with E-state index in [0.717, 1.165) is 19.3 Å². The lowest BCUT2D eigenvalue weighted by Gasteiger charge is -2.18. The highest BCUT2D eigenvalue weighted by atomic mass is 79.9. The van der Waals surface area contributed by atoms with Crippen molar-refractivity contribution in [1.82, 2.24) is 5.06 Å². The largest absolute Gasteiger partial charge is 0.506 e. The van der Waals surface area contributed by atoms with E-state index >= 15 is 0 Å². The summed E-state index contributed by atoms with van der Waals surface area (Å²) in [6, 6.07) is 2.75.